The van der Waals surface area contributed by atoms with Gasteiger partial charge in [0.15, 0.2) is 5.57 Å². The molecule has 1 fully saturated rings. The maximum absolute atomic E-state index is 12.0. The second-order valence-electron chi connectivity index (χ2n) is 6.74. The Hall–Kier alpha value is -3.52. The second kappa shape index (κ2) is 7.48. The van der Waals surface area contributed by atoms with Crippen molar-refractivity contribution in [1.29, 1.82) is 0 Å². The number of cyclic esters (lactones) is 2. The van der Waals surface area contributed by atoms with Gasteiger partial charge < -0.3 is 14.8 Å². The smallest absolute Gasteiger partial charge is 0.350 e. The molecule has 1 saturated heterocycles. The van der Waals surface area contributed by atoms with Crippen LogP contribution in [-0.4, -0.2) is 27.7 Å². The number of carbonyl (C=O) groups is 2. The third-order valence-corrected chi connectivity index (χ3v) is 4.96. The molecule has 3 aromatic rings. The Labute approximate surface area is 171 Å². The molecule has 0 amide bonds. The summed E-state index contributed by atoms with van der Waals surface area (Å²) in [4.78, 5) is 32.8. The van der Waals surface area contributed by atoms with Crippen molar-refractivity contribution < 1.29 is 19.1 Å². The van der Waals surface area contributed by atoms with Gasteiger partial charge in [0.05, 0.1) is 5.69 Å². The van der Waals surface area contributed by atoms with Gasteiger partial charge in [-0.05, 0) is 24.3 Å². The number of hydrogen-bond acceptors (Lipinski definition) is 8. The summed E-state index contributed by atoms with van der Waals surface area (Å²) in [6.07, 6.45) is 4.79. The molecule has 0 unspecified atom stereocenters. The molecule has 0 saturated carbocycles. The number of anilines is 1. The van der Waals surface area contributed by atoms with Crippen LogP contribution in [0.1, 0.15) is 13.8 Å². The minimum absolute atomic E-state index is 0.192. The lowest BCUT2D eigenvalue weighted by Crippen LogP contribution is -2.42. The van der Waals surface area contributed by atoms with Crippen molar-refractivity contribution in [2.75, 3.05) is 5.32 Å². The summed E-state index contributed by atoms with van der Waals surface area (Å²) in [7, 11) is 0. The van der Waals surface area contributed by atoms with E-state index in [0.717, 1.165) is 21.8 Å². The summed E-state index contributed by atoms with van der Waals surface area (Å²) in [5.41, 5.74) is 3.21. The highest BCUT2D eigenvalue weighted by Gasteiger charge is 2.38. The molecule has 1 aliphatic heterocycles. The summed E-state index contributed by atoms with van der Waals surface area (Å²) >= 11 is 1.52. The van der Waals surface area contributed by atoms with E-state index >= 15 is 0 Å². The molecule has 4 rings (SSSR count). The Bertz CT molecular complexity index is 1080. The van der Waals surface area contributed by atoms with Crippen molar-refractivity contribution in [3.8, 4) is 21.8 Å². The molecule has 1 N–H and O–H groups in total. The number of hydrogen-bond donors (Lipinski definition) is 1. The van der Waals surface area contributed by atoms with Crippen LogP contribution >= 0.6 is 11.3 Å². The largest absolute Gasteiger partial charge is 0.419 e. The number of ether oxygens (including phenoxy) is 2. The molecule has 0 bridgehead atoms. The van der Waals surface area contributed by atoms with E-state index in [1.807, 2.05) is 41.8 Å². The topological polar surface area (TPSA) is 90.4 Å². The van der Waals surface area contributed by atoms with Gasteiger partial charge in [-0.1, -0.05) is 12.1 Å². The highest BCUT2D eigenvalue weighted by atomic mass is 32.1. The molecular formula is C21H17N3O4S. The van der Waals surface area contributed by atoms with Crippen molar-refractivity contribution in [3.63, 3.8) is 0 Å². The summed E-state index contributed by atoms with van der Waals surface area (Å²) in [5.74, 6) is -2.71. The van der Waals surface area contributed by atoms with Gasteiger partial charge in [0.2, 0.25) is 0 Å². The Morgan fingerprint density at radius 2 is 1.83 bits per heavy atom. The predicted octanol–water partition coefficient (Wildman–Crippen LogP) is 4.00. The molecule has 3 heterocycles. The first kappa shape index (κ1) is 18.8. The molecule has 146 valence electrons. The van der Waals surface area contributed by atoms with Crippen molar-refractivity contribution >= 4 is 29.0 Å². The first-order valence-corrected chi connectivity index (χ1v) is 9.69. The fraction of sp³-hybridized carbons (Fsp3) is 0.143. The molecule has 0 atom stereocenters. The number of rotatable bonds is 4. The maximum atomic E-state index is 12.0. The molecule has 0 spiro atoms. The minimum atomic E-state index is -1.26. The number of thiazole rings is 1. The van der Waals surface area contributed by atoms with Gasteiger partial charge in [0.1, 0.15) is 5.01 Å². The summed E-state index contributed by atoms with van der Waals surface area (Å²) in [5, 5.41) is 5.78. The fourth-order valence-corrected chi connectivity index (χ4v) is 3.56. The van der Waals surface area contributed by atoms with E-state index in [1.54, 1.807) is 12.4 Å². The molecule has 8 heteroatoms. The molecule has 1 aliphatic rings. The van der Waals surface area contributed by atoms with Crippen LogP contribution in [0, 0.1) is 0 Å². The number of pyridine rings is 1. The van der Waals surface area contributed by atoms with Crippen molar-refractivity contribution in [3.05, 3.63) is 65.9 Å². The van der Waals surface area contributed by atoms with Crippen LogP contribution in [-0.2, 0) is 19.1 Å². The molecule has 1 aromatic carbocycles. The molecule has 0 aliphatic carbocycles. The zero-order valence-electron chi connectivity index (χ0n) is 15.7. The average molecular weight is 407 g/mol. The van der Waals surface area contributed by atoms with Crippen LogP contribution in [0.5, 0.6) is 0 Å². The third kappa shape index (κ3) is 4.17. The second-order valence-corrected chi connectivity index (χ2v) is 7.60. The van der Waals surface area contributed by atoms with Gasteiger partial charge in [-0.3, -0.25) is 4.98 Å². The van der Waals surface area contributed by atoms with Gasteiger partial charge >= 0.3 is 11.9 Å². The van der Waals surface area contributed by atoms with Gasteiger partial charge in [-0.25, -0.2) is 14.6 Å². The third-order valence-electron chi connectivity index (χ3n) is 4.07. The monoisotopic (exact) mass is 407 g/mol. The van der Waals surface area contributed by atoms with E-state index in [-0.39, 0.29) is 5.57 Å². The van der Waals surface area contributed by atoms with Crippen LogP contribution in [0.4, 0.5) is 5.69 Å². The minimum Gasteiger partial charge on any atom is -0.419 e. The highest BCUT2D eigenvalue weighted by molar-refractivity contribution is 7.13. The van der Waals surface area contributed by atoms with Crippen molar-refractivity contribution in [2.24, 2.45) is 0 Å². The van der Waals surface area contributed by atoms with E-state index < -0.39 is 17.7 Å². The van der Waals surface area contributed by atoms with Gasteiger partial charge in [-0.2, -0.15) is 0 Å². The molecule has 0 radical (unpaired) electrons. The Morgan fingerprint density at radius 3 is 2.55 bits per heavy atom. The summed E-state index contributed by atoms with van der Waals surface area (Å²) < 4.78 is 10.2. The lowest BCUT2D eigenvalue weighted by atomic mass is 10.2. The van der Waals surface area contributed by atoms with Gasteiger partial charge in [0, 0.05) is 54.6 Å². The Balaban J connectivity index is 1.54. The van der Waals surface area contributed by atoms with Crippen LogP contribution in [0.25, 0.3) is 21.8 Å². The highest BCUT2D eigenvalue weighted by Crippen LogP contribution is 2.30. The average Bonchev–Trinajstić information content (AvgIpc) is 3.18. The number of nitrogens with one attached hydrogen (secondary N) is 1. The summed E-state index contributed by atoms with van der Waals surface area (Å²) in [6.45, 7) is 3.01. The normalized spacial score (nSPS) is 15.4. The molecule has 29 heavy (non-hydrogen) atoms. The van der Waals surface area contributed by atoms with E-state index in [0.29, 0.717) is 5.69 Å². The first-order chi connectivity index (χ1) is 13.9. The number of nitrogens with zero attached hydrogens (tertiary/aromatic N) is 2. The fourth-order valence-electron chi connectivity index (χ4n) is 2.73. The maximum Gasteiger partial charge on any atom is 0.350 e. The first-order valence-electron chi connectivity index (χ1n) is 8.81. The van der Waals surface area contributed by atoms with E-state index in [4.69, 9.17) is 9.47 Å². The molecule has 2 aromatic heterocycles. The lowest BCUT2D eigenvalue weighted by Gasteiger charge is -2.29. The molecule has 7 nitrogen and oxygen atoms in total. The SMILES string of the molecule is CC1(C)OC(=O)C(=CNc2cccc(-c3nc(-c4cccnc4)cs3)c2)C(=O)O1. The lowest BCUT2D eigenvalue weighted by molar-refractivity contribution is -0.222. The van der Waals surface area contributed by atoms with Gasteiger partial charge in [-0.15, -0.1) is 11.3 Å². The van der Waals surface area contributed by atoms with Crippen LogP contribution in [0.3, 0.4) is 0 Å². The predicted molar refractivity (Wildman–Crippen MR) is 109 cm³/mol. The Morgan fingerprint density at radius 1 is 1.07 bits per heavy atom. The van der Waals surface area contributed by atoms with Crippen molar-refractivity contribution in [2.45, 2.75) is 19.6 Å². The van der Waals surface area contributed by atoms with Crippen LogP contribution < -0.4 is 5.32 Å². The number of benzene rings is 1. The van der Waals surface area contributed by atoms with E-state index in [1.165, 1.54) is 31.4 Å². The number of carbonyl (C=O) groups excluding carboxylic acids is 2. The van der Waals surface area contributed by atoms with Crippen LogP contribution in [0.2, 0.25) is 0 Å². The Kier molecular flexibility index (Phi) is 4.85. The quantitative estimate of drug-likeness (QED) is 0.397. The zero-order valence-corrected chi connectivity index (χ0v) is 16.5. The van der Waals surface area contributed by atoms with Crippen molar-refractivity contribution in [1.82, 2.24) is 9.97 Å². The van der Waals surface area contributed by atoms with E-state index in [9.17, 15) is 9.59 Å². The van der Waals surface area contributed by atoms with E-state index in [2.05, 4.69) is 15.3 Å². The van der Waals surface area contributed by atoms with Crippen LogP contribution in [0.15, 0.2) is 65.9 Å². The number of aromatic nitrogens is 2. The zero-order chi connectivity index (χ0) is 20.4. The molecular weight excluding hydrogens is 390 g/mol. The number of esters is 2. The van der Waals surface area contributed by atoms with Gasteiger partial charge in [0.25, 0.3) is 5.79 Å². The summed E-state index contributed by atoms with van der Waals surface area (Å²) in [6, 6.07) is 11.3. The standard InChI is InChI=1S/C21H17N3O4S/c1-21(2)27-19(25)16(20(26)28-21)11-23-15-7-3-5-13(9-15)18-24-17(12-29-18)14-6-4-8-22-10-14/h3-12,23H,1-2H3.